The number of benzene rings is 2. The molecule has 0 unspecified atom stereocenters. The van der Waals surface area contributed by atoms with E-state index in [-0.39, 0.29) is 14.9 Å². The highest BCUT2D eigenvalue weighted by molar-refractivity contribution is 5.54. The molecule has 0 aliphatic carbocycles. The third-order valence-electron chi connectivity index (χ3n) is 15.8. The van der Waals surface area contributed by atoms with Gasteiger partial charge in [0.15, 0.2) is 0 Å². The van der Waals surface area contributed by atoms with Crippen molar-refractivity contribution < 1.29 is 18.9 Å². The number of aromatic nitrogens is 4. The molecule has 6 aliphatic heterocycles. The van der Waals surface area contributed by atoms with Crippen LogP contribution in [0.3, 0.4) is 0 Å². The molecule has 0 saturated carbocycles. The SMILES string of the molecule is C.C.COc1ccc(C)c(CN2Cc3nc(OC[C@@H]4CCCN4C)nc(N4CCCC[C@@H]4C)c3C2)c1.COc1ccc(C)c(CN2Cc3nc(OC[C@@H]4CCCN4C)nc(N4CCCC[C@@H]4C)c3C2)c1. The fraction of sp³-hybridized carbons (Fsp3) is 0.643. The van der Waals surface area contributed by atoms with Gasteiger partial charge in [-0.3, -0.25) is 9.80 Å². The molecule has 0 bridgehead atoms. The number of nitrogens with zero attached hydrogens (tertiary/aromatic N) is 10. The summed E-state index contributed by atoms with van der Waals surface area (Å²) in [5, 5.41) is 0. The van der Waals surface area contributed by atoms with Gasteiger partial charge in [0.25, 0.3) is 0 Å². The third kappa shape index (κ3) is 12.3. The first-order chi connectivity index (χ1) is 33.0. The van der Waals surface area contributed by atoms with E-state index in [2.05, 4.69) is 95.5 Å². The predicted octanol–water partition coefficient (Wildman–Crippen LogP) is 9.59. The lowest BCUT2D eigenvalue weighted by atomic mass is 10.0. The fourth-order valence-corrected chi connectivity index (χ4v) is 11.3. The number of aryl methyl sites for hydroxylation is 2. The molecule has 4 atom stereocenters. The van der Waals surface area contributed by atoms with Gasteiger partial charge in [0.2, 0.25) is 0 Å². The van der Waals surface area contributed by atoms with Gasteiger partial charge in [-0.15, -0.1) is 0 Å². The number of likely N-dealkylation sites (N-methyl/N-ethyl adjacent to an activating group) is 2. The molecule has 14 nitrogen and oxygen atoms in total. The van der Waals surface area contributed by atoms with E-state index in [0.29, 0.717) is 49.4 Å². The monoisotopic (exact) mass is 963 g/mol. The largest absolute Gasteiger partial charge is 0.497 e. The summed E-state index contributed by atoms with van der Waals surface area (Å²) in [5.74, 6) is 4.01. The van der Waals surface area contributed by atoms with Crippen LogP contribution in [-0.2, 0) is 39.3 Å². The molecule has 384 valence electrons. The van der Waals surface area contributed by atoms with E-state index >= 15 is 0 Å². The molecule has 2 aromatic heterocycles. The Morgan fingerprint density at radius 2 is 0.957 bits per heavy atom. The van der Waals surface area contributed by atoms with Gasteiger partial charge in [-0.1, -0.05) is 27.0 Å². The highest BCUT2D eigenvalue weighted by atomic mass is 16.5. The summed E-state index contributed by atoms with van der Waals surface area (Å²) < 4.78 is 23.4. The number of methoxy groups -OCH3 is 2. The van der Waals surface area contributed by atoms with Crippen LogP contribution < -0.4 is 28.7 Å². The van der Waals surface area contributed by atoms with Gasteiger partial charge in [-0.2, -0.15) is 19.9 Å². The number of hydrogen-bond donors (Lipinski definition) is 0. The standard InChI is InChI=1S/2C27H39N5O2.2CH4/c2*1-19-10-11-23(33-4)14-21(19)15-31-16-24-25(17-31)28-27(34-18-22-9-7-12-30(22)3)29-26(24)32-13-6-5-8-20(32)2;;/h2*10-11,14,20,22H,5-9,12-13,15-18H2,1-4H3;2*1H4/t2*20-,22-;;/m00../s1. The number of likely N-dealkylation sites (tertiary alicyclic amines) is 2. The molecule has 4 fully saturated rings. The lowest BCUT2D eigenvalue weighted by Gasteiger charge is -2.35. The Morgan fingerprint density at radius 1 is 0.529 bits per heavy atom. The molecular formula is C56H86N10O4. The number of hydrogen-bond acceptors (Lipinski definition) is 14. The predicted molar refractivity (Wildman–Crippen MR) is 283 cm³/mol. The molecular weight excluding hydrogens is 877 g/mol. The van der Waals surface area contributed by atoms with Crippen molar-refractivity contribution in [1.82, 2.24) is 39.5 Å². The third-order valence-corrected chi connectivity index (χ3v) is 15.8. The summed E-state index contributed by atoms with van der Waals surface area (Å²) in [7, 11) is 7.83. The van der Waals surface area contributed by atoms with Crippen molar-refractivity contribution in [3.8, 4) is 23.5 Å². The minimum absolute atomic E-state index is 0. The summed E-state index contributed by atoms with van der Waals surface area (Å²) in [4.78, 5) is 34.6. The molecule has 4 saturated heterocycles. The van der Waals surface area contributed by atoms with Crippen LogP contribution in [0.2, 0.25) is 0 Å². The normalized spacial score (nSPS) is 22.7. The van der Waals surface area contributed by atoms with Crippen LogP contribution >= 0.6 is 0 Å². The molecule has 8 heterocycles. The molecule has 0 spiro atoms. The summed E-state index contributed by atoms with van der Waals surface area (Å²) in [5.41, 5.74) is 9.98. The van der Waals surface area contributed by atoms with Crippen molar-refractivity contribution in [2.75, 3.05) is 77.5 Å². The Morgan fingerprint density at radius 3 is 1.33 bits per heavy atom. The second-order valence-corrected chi connectivity index (χ2v) is 20.6. The van der Waals surface area contributed by atoms with E-state index in [1.165, 1.54) is 97.6 Å². The zero-order valence-corrected chi connectivity index (χ0v) is 42.4. The van der Waals surface area contributed by atoms with Gasteiger partial charge in [-0.25, -0.2) is 0 Å². The molecule has 4 aromatic rings. The van der Waals surface area contributed by atoms with Crippen LogP contribution in [0.15, 0.2) is 36.4 Å². The number of piperidine rings is 2. The Labute approximate surface area is 421 Å². The maximum Gasteiger partial charge on any atom is 0.318 e. The van der Waals surface area contributed by atoms with Gasteiger partial charge < -0.3 is 38.5 Å². The van der Waals surface area contributed by atoms with Gasteiger partial charge in [0, 0.05) is 87.7 Å². The van der Waals surface area contributed by atoms with Crippen molar-refractivity contribution in [2.24, 2.45) is 0 Å². The van der Waals surface area contributed by atoms with Crippen molar-refractivity contribution >= 4 is 11.6 Å². The van der Waals surface area contributed by atoms with Gasteiger partial charge in [-0.05, 0) is 166 Å². The van der Waals surface area contributed by atoms with Gasteiger partial charge in [0.1, 0.15) is 36.3 Å². The molecule has 70 heavy (non-hydrogen) atoms. The van der Waals surface area contributed by atoms with E-state index in [1.54, 1.807) is 14.2 Å². The summed E-state index contributed by atoms with van der Waals surface area (Å²) >= 11 is 0. The summed E-state index contributed by atoms with van der Waals surface area (Å²) in [6.07, 6.45) is 12.3. The Kier molecular flexibility index (Phi) is 18.3. The molecule has 2 aromatic carbocycles. The smallest absolute Gasteiger partial charge is 0.318 e. The molecule has 6 aliphatic rings. The number of rotatable bonds is 14. The quantitative estimate of drug-likeness (QED) is 0.120. The van der Waals surface area contributed by atoms with E-state index in [0.717, 1.165) is 100.0 Å². The van der Waals surface area contributed by atoms with Crippen LogP contribution in [0.1, 0.15) is 138 Å². The molecule has 0 radical (unpaired) electrons. The Hall–Kier alpha value is -4.76. The highest BCUT2D eigenvalue weighted by Crippen LogP contribution is 2.37. The number of ether oxygens (including phenoxy) is 4. The van der Waals surface area contributed by atoms with Crippen molar-refractivity contribution in [3.63, 3.8) is 0 Å². The summed E-state index contributed by atoms with van der Waals surface area (Å²) in [6.45, 7) is 19.9. The van der Waals surface area contributed by atoms with E-state index < -0.39 is 0 Å². The van der Waals surface area contributed by atoms with E-state index in [4.69, 9.17) is 38.9 Å². The average molecular weight is 963 g/mol. The molecule has 10 rings (SSSR count). The lowest BCUT2D eigenvalue weighted by Crippen LogP contribution is -2.39. The minimum atomic E-state index is 0. The topological polar surface area (TPSA) is 108 Å². The van der Waals surface area contributed by atoms with Crippen molar-refractivity contribution in [1.29, 1.82) is 0 Å². The Balaban J connectivity index is 0.000000201. The van der Waals surface area contributed by atoms with E-state index in [1.807, 2.05) is 12.1 Å². The first-order valence-electron chi connectivity index (χ1n) is 25.7. The fourth-order valence-electron chi connectivity index (χ4n) is 11.3. The second kappa shape index (κ2) is 24.1. The average Bonchev–Trinajstić information content (AvgIpc) is 4.16. The first-order valence-corrected chi connectivity index (χ1v) is 25.7. The van der Waals surface area contributed by atoms with Crippen LogP contribution in [-0.4, -0.2) is 131 Å². The van der Waals surface area contributed by atoms with Crippen molar-refractivity contribution in [2.45, 2.75) is 170 Å². The minimum Gasteiger partial charge on any atom is -0.497 e. The second-order valence-electron chi connectivity index (χ2n) is 20.6. The highest BCUT2D eigenvalue weighted by Gasteiger charge is 2.34. The number of anilines is 2. The van der Waals surface area contributed by atoms with E-state index in [9.17, 15) is 0 Å². The zero-order chi connectivity index (χ0) is 47.3. The lowest BCUT2D eigenvalue weighted by molar-refractivity contribution is 0.187. The van der Waals surface area contributed by atoms with Crippen LogP contribution in [0.4, 0.5) is 11.6 Å². The van der Waals surface area contributed by atoms with Crippen LogP contribution in [0, 0.1) is 13.8 Å². The Bertz CT molecular complexity index is 2190. The first kappa shape index (κ1) is 53.0. The van der Waals surface area contributed by atoms with Gasteiger partial charge in [0.05, 0.1) is 25.6 Å². The van der Waals surface area contributed by atoms with Crippen molar-refractivity contribution in [3.05, 3.63) is 81.2 Å². The number of fused-ring (bicyclic) bond motifs is 2. The maximum atomic E-state index is 6.23. The van der Waals surface area contributed by atoms with Crippen LogP contribution in [0.25, 0.3) is 0 Å². The molecule has 0 N–H and O–H groups in total. The van der Waals surface area contributed by atoms with Crippen LogP contribution in [0.5, 0.6) is 23.5 Å². The van der Waals surface area contributed by atoms with Gasteiger partial charge >= 0.3 is 12.0 Å². The summed E-state index contributed by atoms with van der Waals surface area (Å²) in [6, 6.07) is 15.7. The zero-order valence-electron chi connectivity index (χ0n) is 42.4. The molecule has 14 heteroatoms. The maximum absolute atomic E-state index is 6.23. The molecule has 0 amide bonds.